The van der Waals surface area contributed by atoms with E-state index in [1.807, 2.05) is 0 Å². The number of nitrogens with zero attached hydrogens (tertiary/aromatic N) is 1. The maximum Gasteiger partial charge on any atom is 0.123 e. The van der Waals surface area contributed by atoms with E-state index >= 15 is 0 Å². The second-order valence-electron chi connectivity index (χ2n) is 2.57. The molecule has 0 aliphatic carbocycles. The average Bonchev–Trinajstić information content (AvgIpc) is 2.17. The summed E-state index contributed by atoms with van der Waals surface area (Å²) in [4.78, 5) is 3.97. The molecule has 0 aliphatic heterocycles. The summed E-state index contributed by atoms with van der Waals surface area (Å²) >= 11 is 6.31. The van der Waals surface area contributed by atoms with Crippen LogP contribution in [-0.2, 0) is 0 Å². The number of aliphatic hydroxyl groups is 2. The molecule has 5 heteroatoms. The Labute approximate surface area is 93.1 Å². The first-order valence-corrected chi connectivity index (χ1v) is 5.60. The molecule has 1 heterocycles. The molecular weight excluding hydrogens is 302 g/mol. The van der Waals surface area contributed by atoms with Gasteiger partial charge in [-0.05, 0) is 28.1 Å². The highest BCUT2D eigenvalue weighted by molar-refractivity contribution is 9.10. The Morgan fingerprint density at radius 2 is 2.08 bits per heavy atom. The first-order valence-electron chi connectivity index (χ1n) is 3.68. The predicted molar refractivity (Wildman–Crippen MR) is 56.7 cm³/mol. The minimum Gasteiger partial charge on any atom is -0.389 e. The molecule has 0 fully saturated rings. The molecule has 2 unspecified atom stereocenters. The van der Waals surface area contributed by atoms with Crippen LogP contribution in [0.15, 0.2) is 22.8 Å². The molecule has 1 aromatic heterocycles. The normalized spacial score (nSPS) is 15.4. The van der Waals surface area contributed by atoms with Gasteiger partial charge in [0, 0.05) is 16.0 Å². The number of pyridine rings is 1. The van der Waals surface area contributed by atoms with Crippen molar-refractivity contribution in [1.29, 1.82) is 0 Å². The van der Waals surface area contributed by atoms with Crippen molar-refractivity contribution in [3.63, 3.8) is 0 Å². The van der Waals surface area contributed by atoms with Crippen molar-refractivity contribution in [2.45, 2.75) is 12.2 Å². The minimum absolute atomic E-state index is 0.325. The van der Waals surface area contributed by atoms with Gasteiger partial charge in [-0.3, -0.25) is 4.98 Å². The highest BCUT2D eigenvalue weighted by Gasteiger charge is 2.17. The van der Waals surface area contributed by atoms with E-state index in [1.165, 1.54) is 0 Å². The van der Waals surface area contributed by atoms with E-state index in [1.54, 1.807) is 18.3 Å². The Kier molecular flexibility index (Phi) is 4.31. The molecule has 1 rings (SSSR count). The van der Waals surface area contributed by atoms with Crippen LogP contribution in [0, 0.1) is 0 Å². The lowest BCUT2D eigenvalue weighted by Gasteiger charge is -2.14. The Balaban J connectivity index is 2.77. The molecule has 3 nitrogen and oxygen atoms in total. The van der Waals surface area contributed by atoms with E-state index in [9.17, 15) is 10.2 Å². The van der Waals surface area contributed by atoms with Crippen LogP contribution in [-0.4, -0.2) is 26.6 Å². The van der Waals surface area contributed by atoms with Gasteiger partial charge in [0.15, 0.2) is 0 Å². The number of aromatic nitrogens is 1. The van der Waals surface area contributed by atoms with Crippen LogP contribution in [0.5, 0.6) is 0 Å². The van der Waals surface area contributed by atoms with Crippen LogP contribution < -0.4 is 0 Å². The van der Waals surface area contributed by atoms with Crippen LogP contribution in [0.1, 0.15) is 11.8 Å². The van der Waals surface area contributed by atoms with Crippen LogP contribution in [0.3, 0.4) is 0 Å². The monoisotopic (exact) mass is 309 g/mol. The van der Waals surface area contributed by atoms with Gasteiger partial charge in [0.05, 0.1) is 11.8 Å². The fourth-order valence-electron chi connectivity index (χ4n) is 0.844. The molecule has 0 spiro atoms. The van der Waals surface area contributed by atoms with E-state index in [0.29, 0.717) is 11.0 Å². The van der Waals surface area contributed by atoms with Crippen molar-refractivity contribution in [3.05, 3.63) is 28.5 Å². The molecule has 0 amide bonds. The lowest BCUT2D eigenvalue weighted by atomic mass is 10.1. The predicted octanol–water partition coefficient (Wildman–Crippen LogP) is 1.63. The van der Waals surface area contributed by atoms with Crippen molar-refractivity contribution >= 4 is 31.9 Å². The Morgan fingerprint density at radius 1 is 1.38 bits per heavy atom. The standard InChI is InChI=1S/C8H9Br2NO2/c9-3-7(12)8(13)6-2-1-5(10)4-11-6/h1-2,4,7-8,12-13H,3H2. The molecule has 0 bridgehead atoms. The summed E-state index contributed by atoms with van der Waals surface area (Å²) in [7, 11) is 0. The molecule has 0 radical (unpaired) electrons. The smallest absolute Gasteiger partial charge is 0.123 e. The largest absolute Gasteiger partial charge is 0.389 e. The number of hydrogen-bond acceptors (Lipinski definition) is 3. The van der Waals surface area contributed by atoms with E-state index in [4.69, 9.17) is 0 Å². The van der Waals surface area contributed by atoms with E-state index in [0.717, 1.165) is 4.47 Å². The first kappa shape index (κ1) is 11.1. The van der Waals surface area contributed by atoms with Crippen LogP contribution >= 0.6 is 31.9 Å². The minimum atomic E-state index is -0.938. The third-order valence-electron chi connectivity index (χ3n) is 1.58. The van der Waals surface area contributed by atoms with Gasteiger partial charge in [-0.15, -0.1) is 0 Å². The Morgan fingerprint density at radius 3 is 2.54 bits per heavy atom. The van der Waals surface area contributed by atoms with Gasteiger partial charge in [0.1, 0.15) is 6.10 Å². The number of halogens is 2. The van der Waals surface area contributed by atoms with Crippen molar-refractivity contribution in [1.82, 2.24) is 4.98 Å². The quantitative estimate of drug-likeness (QED) is 0.835. The van der Waals surface area contributed by atoms with Gasteiger partial charge in [0.25, 0.3) is 0 Å². The highest BCUT2D eigenvalue weighted by Crippen LogP contribution is 2.17. The zero-order chi connectivity index (χ0) is 9.84. The highest BCUT2D eigenvalue weighted by atomic mass is 79.9. The van der Waals surface area contributed by atoms with Crippen molar-refractivity contribution in [2.24, 2.45) is 0 Å². The summed E-state index contributed by atoms with van der Waals surface area (Å²) in [6, 6.07) is 3.44. The summed E-state index contributed by atoms with van der Waals surface area (Å²) in [5, 5.41) is 19.1. The molecule has 0 saturated heterocycles. The van der Waals surface area contributed by atoms with Gasteiger partial charge in [-0.25, -0.2) is 0 Å². The molecule has 2 atom stereocenters. The first-order chi connectivity index (χ1) is 6.15. The van der Waals surface area contributed by atoms with Crippen molar-refractivity contribution < 1.29 is 10.2 Å². The topological polar surface area (TPSA) is 53.4 Å². The van der Waals surface area contributed by atoms with Crippen molar-refractivity contribution in [3.8, 4) is 0 Å². The summed E-state index contributed by atoms with van der Waals surface area (Å²) < 4.78 is 0.844. The molecule has 2 N–H and O–H groups in total. The fourth-order valence-corrected chi connectivity index (χ4v) is 1.43. The van der Waals surface area contributed by atoms with Crippen molar-refractivity contribution in [2.75, 3.05) is 5.33 Å². The number of hydrogen-bond donors (Lipinski definition) is 2. The SMILES string of the molecule is OC(CBr)C(O)c1ccc(Br)cn1. The summed E-state index contributed by atoms with van der Waals surface area (Å²) in [5.41, 5.74) is 0.468. The maximum absolute atomic E-state index is 9.52. The zero-order valence-corrected chi connectivity index (χ0v) is 9.86. The van der Waals surface area contributed by atoms with Gasteiger partial charge in [-0.1, -0.05) is 15.9 Å². The lowest BCUT2D eigenvalue weighted by molar-refractivity contribution is 0.0315. The summed E-state index contributed by atoms with van der Waals surface area (Å²) in [5.74, 6) is 0. The lowest BCUT2D eigenvalue weighted by Crippen LogP contribution is -2.20. The molecule has 0 aromatic carbocycles. The molecule has 1 aromatic rings. The third-order valence-corrected chi connectivity index (χ3v) is 2.71. The zero-order valence-electron chi connectivity index (χ0n) is 6.69. The molecule has 13 heavy (non-hydrogen) atoms. The number of aliphatic hydroxyl groups excluding tert-OH is 2. The molecular formula is C8H9Br2NO2. The van der Waals surface area contributed by atoms with Gasteiger partial charge in [-0.2, -0.15) is 0 Å². The second-order valence-corrected chi connectivity index (χ2v) is 4.13. The molecule has 0 saturated carbocycles. The van der Waals surface area contributed by atoms with E-state index < -0.39 is 12.2 Å². The third kappa shape index (κ3) is 3.02. The molecule has 0 aliphatic rings. The van der Waals surface area contributed by atoms with Gasteiger partial charge in [0.2, 0.25) is 0 Å². The molecule has 72 valence electrons. The van der Waals surface area contributed by atoms with Crippen LogP contribution in [0.2, 0.25) is 0 Å². The summed E-state index contributed by atoms with van der Waals surface area (Å²) in [6.45, 7) is 0. The average molecular weight is 311 g/mol. The van der Waals surface area contributed by atoms with E-state index in [-0.39, 0.29) is 0 Å². The van der Waals surface area contributed by atoms with Gasteiger partial charge < -0.3 is 10.2 Å². The summed E-state index contributed by atoms with van der Waals surface area (Å²) in [6.07, 6.45) is -0.180. The second kappa shape index (κ2) is 5.05. The van der Waals surface area contributed by atoms with E-state index in [2.05, 4.69) is 36.8 Å². The Hall–Kier alpha value is 0.0300. The maximum atomic E-state index is 9.52. The van der Waals surface area contributed by atoms with Crippen LogP contribution in [0.25, 0.3) is 0 Å². The Bertz CT molecular complexity index is 265. The number of rotatable bonds is 3. The number of alkyl halides is 1. The van der Waals surface area contributed by atoms with Gasteiger partial charge >= 0.3 is 0 Å². The van der Waals surface area contributed by atoms with Crippen LogP contribution in [0.4, 0.5) is 0 Å². The fraction of sp³-hybridized carbons (Fsp3) is 0.375.